The molecule has 7 heteroatoms. The van der Waals surface area contributed by atoms with Crippen LogP contribution in [0.15, 0.2) is 36.4 Å². The van der Waals surface area contributed by atoms with Crippen LogP contribution in [-0.2, 0) is 4.84 Å². The largest absolute Gasteiger partial charge is 0.507 e. The predicted molar refractivity (Wildman–Crippen MR) is 130 cm³/mol. The highest BCUT2D eigenvalue weighted by molar-refractivity contribution is 6.34. The standard InChI is InChI=1S/C25H30Cl2N2O3/c1-24(11-3-4-12-24)29(32-25(2)13-5-6-14-25)18-8-9-21(20(27)16-18)28-23(31)19-15-17(26)7-10-22(19)30/h7-10,15-16,30H,3-6,11-14H2,1-2H3,(H,28,31). The van der Waals surface area contributed by atoms with Crippen molar-refractivity contribution in [3.05, 3.63) is 52.0 Å². The minimum absolute atomic E-state index is 0.0910. The van der Waals surface area contributed by atoms with Gasteiger partial charge in [-0.2, -0.15) is 0 Å². The molecule has 0 aromatic heterocycles. The number of carbonyl (C=O) groups excluding carboxylic acids is 1. The lowest BCUT2D eigenvalue weighted by atomic mass is 9.99. The summed E-state index contributed by atoms with van der Waals surface area (Å²) >= 11 is 12.6. The lowest BCUT2D eigenvalue weighted by Crippen LogP contribution is -2.49. The first-order chi connectivity index (χ1) is 15.2. The molecule has 2 N–H and O–H groups in total. The van der Waals surface area contributed by atoms with Crippen LogP contribution in [0, 0.1) is 0 Å². The molecule has 0 saturated heterocycles. The predicted octanol–water partition coefficient (Wildman–Crippen LogP) is 7.35. The summed E-state index contributed by atoms with van der Waals surface area (Å²) in [5.41, 5.74) is 1.18. The molecule has 1 amide bonds. The summed E-state index contributed by atoms with van der Waals surface area (Å²) in [5, 5.41) is 15.6. The Bertz CT molecular complexity index is 999. The van der Waals surface area contributed by atoms with E-state index in [-0.39, 0.29) is 22.5 Å². The van der Waals surface area contributed by atoms with E-state index in [1.165, 1.54) is 43.9 Å². The third kappa shape index (κ3) is 4.85. The maximum absolute atomic E-state index is 12.7. The van der Waals surface area contributed by atoms with Crippen LogP contribution in [0.3, 0.4) is 0 Å². The van der Waals surface area contributed by atoms with Crippen LogP contribution in [-0.4, -0.2) is 22.2 Å². The number of rotatable bonds is 6. The van der Waals surface area contributed by atoms with Crippen LogP contribution in [0.25, 0.3) is 0 Å². The van der Waals surface area contributed by atoms with Gasteiger partial charge in [0.25, 0.3) is 5.91 Å². The van der Waals surface area contributed by atoms with E-state index in [2.05, 4.69) is 24.2 Å². The molecule has 0 spiro atoms. The molecule has 0 heterocycles. The van der Waals surface area contributed by atoms with Gasteiger partial charge in [-0.25, -0.2) is 5.06 Å². The molecule has 4 rings (SSSR count). The summed E-state index contributed by atoms with van der Waals surface area (Å²) in [5.74, 6) is -0.618. The van der Waals surface area contributed by atoms with Crippen molar-refractivity contribution in [2.45, 2.75) is 76.4 Å². The van der Waals surface area contributed by atoms with Gasteiger partial charge in [0.2, 0.25) is 0 Å². The van der Waals surface area contributed by atoms with Gasteiger partial charge in [-0.1, -0.05) is 48.9 Å². The number of phenols is 1. The molecule has 0 aliphatic heterocycles. The van der Waals surface area contributed by atoms with Crippen molar-refractivity contribution in [2.24, 2.45) is 0 Å². The van der Waals surface area contributed by atoms with Crippen LogP contribution in [0.5, 0.6) is 5.75 Å². The van der Waals surface area contributed by atoms with E-state index in [0.717, 1.165) is 31.4 Å². The maximum atomic E-state index is 12.7. The van der Waals surface area contributed by atoms with Gasteiger partial charge in [-0.05, 0) is 75.9 Å². The second-order valence-corrected chi connectivity index (χ2v) is 10.4. The monoisotopic (exact) mass is 476 g/mol. The van der Waals surface area contributed by atoms with Gasteiger partial charge in [0.15, 0.2) is 0 Å². The highest BCUT2D eigenvalue weighted by Crippen LogP contribution is 2.44. The highest BCUT2D eigenvalue weighted by atomic mass is 35.5. The summed E-state index contributed by atoms with van der Waals surface area (Å²) in [7, 11) is 0. The summed E-state index contributed by atoms with van der Waals surface area (Å²) in [4.78, 5) is 19.4. The topological polar surface area (TPSA) is 61.8 Å². The average molecular weight is 477 g/mol. The van der Waals surface area contributed by atoms with E-state index in [4.69, 9.17) is 28.0 Å². The van der Waals surface area contributed by atoms with Crippen molar-refractivity contribution in [1.29, 1.82) is 0 Å². The molecular formula is C25H30Cl2N2O3. The zero-order chi connectivity index (χ0) is 22.9. The number of benzene rings is 2. The number of amides is 1. The van der Waals surface area contributed by atoms with E-state index in [0.29, 0.717) is 15.7 Å². The number of phenolic OH excluding ortho intramolecular Hbond substituents is 1. The normalized spacial score (nSPS) is 19.1. The van der Waals surface area contributed by atoms with Crippen molar-refractivity contribution in [1.82, 2.24) is 0 Å². The molecule has 0 radical (unpaired) electrons. The Hall–Kier alpha value is -1.95. The number of hydrogen-bond acceptors (Lipinski definition) is 4. The molecular weight excluding hydrogens is 447 g/mol. The molecule has 2 fully saturated rings. The van der Waals surface area contributed by atoms with Crippen molar-refractivity contribution < 1.29 is 14.7 Å². The smallest absolute Gasteiger partial charge is 0.259 e. The van der Waals surface area contributed by atoms with Gasteiger partial charge in [-0.15, -0.1) is 0 Å². The molecule has 0 unspecified atom stereocenters. The van der Waals surface area contributed by atoms with E-state index in [1.807, 2.05) is 12.1 Å². The Morgan fingerprint density at radius 3 is 2.31 bits per heavy atom. The first-order valence-electron chi connectivity index (χ1n) is 11.3. The first kappa shape index (κ1) is 23.2. The third-order valence-electron chi connectivity index (χ3n) is 6.78. The van der Waals surface area contributed by atoms with Gasteiger partial charge < -0.3 is 10.4 Å². The quantitative estimate of drug-likeness (QED) is 0.427. The maximum Gasteiger partial charge on any atom is 0.259 e. The van der Waals surface area contributed by atoms with Crippen LogP contribution in [0.1, 0.15) is 75.6 Å². The molecule has 172 valence electrons. The van der Waals surface area contributed by atoms with Gasteiger partial charge in [0.1, 0.15) is 5.75 Å². The zero-order valence-corrected chi connectivity index (χ0v) is 20.1. The summed E-state index contributed by atoms with van der Waals surface area (Å²) < 4.78 is 0. The molecule has 2 aromatic rings. The number of hydrogen-bond donors (Lipinski definition) is 2. The van der Waals surface area contributed by atoms with Gasteiger partial charge in [-0.3, -0.25) is 9.63 Å². The Kier molecular flexibility index (Phi) is 6.62. The molecule has 0 bridgehead atoms. The Morgan fingerprint density at radius 2 is 1.66 bits per heavy atom. The lowest BCUT2D eigenvalue weighted by molar-refractivity contribution is -0.0696. The Balaban J connectivity index is 1.59. The van der Waals surface area contributed by atoms with Gasteiger partial charge in [0.05, 0.1) is 33.1 Å². The van der Waals surface area contributed by atoms with Gasteiger partial charge >= 0.3 is 0 Å². The molecule has 2 aliphatic carbocycles. The molecule has 2 aliphatic rings. The van der Waals surface area contributed by atoms with Crippen LogP contribution in [0.4, 0.5) is 11.4 Å². The fraction of sp³-hybridized carbons (Fsp3) is 0.480. The van der Waals surface area contributed by atoms with E-state index in [9.17, 15) is 9.90 Å². The molecule has 5 nitrogen and oxygen atoms in total. The minimum Gasteiger partial charge on any atom is -0.507 e. The number of nitrogens with zero attached hydrogens (tertiary/aromatic N) is 1. The number of carbonyl (C=O) groups is 1. The number of nitrogens with one attached hydrogen (secondary N) is 1. The summed E-state index contributed by atoms with van der Waals surface area (Å²) in [6.45, 7) is 4.45. The third-order valence-corrected chi connectivity index (χ3v) is 7.33. The second-order valence-electron chi connectivity index (χ2n) is 9.53. The fourth-order valence-corrected chi connectivity index (χ4v) is 5.25. The Labute approximate surface area is 199 Å². The van der Waals surface area contributed by atoms with E-state index < -0.39 is 5.91 Å². The summed E-state index contributed by atoms with van der Waals surface area (Å²) in [6, 6.07) is 9.90. The number of halogens is 2. The van der Waals surface area contributed by atoms with Crippen molar-refractivity contribution >= 4 is 40.5 Å². The summed E-state index contributed by atoms with van der Waals surface area (Å²) in [6.07, 6.45) is 8.94. The average Bonchev–Trinajstić information content (AvgIpc) is 3.39. The molecule has 0 atom stereocenters. The van der Waals surface area contributed by atoms with Crippen molar-refractivity contribution in [3.8, 4) is 5.75 Å². The fourth-order valence-electron chi connectivity index (χ4n) is 4.86. The van der Waals surface area contributed by atoms with Crippen LogP contribution in [0.2, 0.25) is 10.0 Å². The molecule has 32 heavy (non-hydrogen) atoms. The highest BCUT2D eigenvalue weighted by Gasteiger charge is 2.41. The second kappa shape index (κ2) is 9.12. The van der Waals surface area contributed by atoms with E-state index >= 15 is 0 Å². The first-order valence-corrected chi connectivity index (χ1v) is 12.0. The lowest BCUT2D eigenvalue weighted by Gasteiger charge is -2.43. The number of aromatic hydroxyl groups is 1. The number of anilines is 2. The molecule has 2 aromatic carbocycles. The minimum atomic E-state index is -0.478. The van der Waals surface area contributed by atoms with Crippen LogP contribution >= 0.6 is 23.2 Å². The SMILES string of the molecule is CC1(ON(c2ccc(NC(=O)c3cc(Cl)ccc3O)c(Cl)c2)C2(C)CCCC2)CCCC1. The number of hydroxylamine groups is 1. The zero-order valence-electron chi connectivity index (χ0n) is 18.6. The van der Waals surface area contributed by atoms with Crippen molar-refractivity contribution in [3.63, 3.8) is 0 Å². The van der Waals surface area contributed by atoms with Crippen LogP contribution < -0.4 is 10.4 Å². The van der Waals surface area contributed by atoms with Gasteiger partial charge in [0, 0.05) is 5.02 Å². The van der Waals surface area contributed by atoms with Crippen molar-refractivity contribution in [2.75, 3.05) is 10.4 Å². The molecule has 2 saturated carbocycles. The van der Waals surface area contributed by atoms with E-state index in [1.54, 1.807) is 6.07 Å². The Morgan fingerprint density at radius 1 is 1.00 bits per heavy atom.